The zero-order valence-electron chi connectivity index (χ0n) is 66.4. The van der Waals surface area contributed by atoms with Gasteiger partial charge in [-0.05, 0) is 18.4 Å². The number of carbonyl (C=O) groups excluding carboxylic acids is 4. The van der Waals surface area contributed by atoms with E-state index < -0.39 is 114 Å². The molecule has 0 spiro atoms. The topological polar surface area (TPSA) is 573 Å². The summed E-state index contributed by atoms with van der Waals surface area (Å²) in [7, 11) is 0. The molecule has 47 nitrogen and oxygen atoms in total. The van der Waals surface area contributed by atoms with Crippen molar-refractivity contribution in [2.75, 3.05) is 205 Å². The summed E-state index contributed by atoms with van der Waals surface area (Å²) in [6, 6.07) is -2.73. The van der Waals surface area contributed by atoms with Crippen LogP contribution >= 0.6 is 0 Å². The first-order valence-corrected chi connectivity index (χ1v) is 39.2. The van der Waals surface area contributed by atoms with Crippen LogP contribution in [0.5, 0.6) is 0 Å². The van der Waals surface area contributed by atoms with E-state index >= 15 is 0 Å². The van der Waals surface area contributed by atoms with E-state index in [4.69, 9.17) is 105 Å². The molecule has 9 heterocycles. The summed E-state index contributed by atoms with van der Waals surface area (Å²) in [6.07, 6.45) is -3.64. The maximum absolute atomic E-state index is 13.9. The van der Waals surface area contributed by atoms with Gasteiger partial charge in [-0.3, -0.25) is 19.2 Å². The number of amides is 4. The van der Waals surface area contributed by atoms with Gasteiger partial charge in [0.1, 0.15) is 94.2 Å². The number of aliphatic hydroxyl groups excluding tert-OH is 6. The molecule has 6 aliphatic rings. The van der Waals surface area contributed by atoms with Gasteiger partial charge in [-0.1, -0.05) is 27.2 Å². The molecule has 3 aromatic heterocycles. The van der Waals surface area contributed by atoms with Crippen molar-refractivity contribution in [1.29, 1.82) is 0 Å². The van der Waals surface area contributed by atoms with Gasteiger partial charge in [-0.25, -0.2) is 14.0 Å². The van der Waals surface area contributed by atoms with Crippen LogP contribution in [0, 0.1) is 0 Å². The van der Waals surface area contributed by atoms with Gasteiger partial charge in [0, 0.05) is 38.6 Å². The summed E-state index contributed by atoms with van der Waals surface area (Å²) < 4.78 is 126. The Balaban J connectivity index is 0.674. The molecule has 9 rings (SSSR count). The van der Waals surface area contributed by atoms with Gasteiger partial charge in [0.2, 0.25) is 23.6 Å². The van der Waals surface area contributed by atoms with Gasteiger partial charge < -0.3 is 151 Å². The van der Waals surface area contributed by atoms with Gasteiger partial charge in [0.25, 0.3) is 0 Å². The van der Waals surface area contributed by atoms with Crippen LogP contribution in [0.15, 0.2) is 23.7 Å². The van der Waals surface area contributed by atoms with E-state index in [0.717, 1.165) is 0 Å². The highest BCUT2D eigenvalue weighted by atomic mass is 16.8. The third-order valence-electron chi connectivity index (χ3n) is 19.3. The average Bonchev–Trinajstić information content (AvgIpc) is 1.63. The molecule has 662 valence electrons. The first-order chi connectivity index (χ1) is 56.7. The predicted molar refractivity (Wildman–Crippen MR) is 392 cm³/mol. The summed E-state index contributed by atoms with van der Waals surface area (Å²) in [5.41, 5.74) is 5.14. The van der Waals surface area contributed by atoms with Crippen LogP contribution in [0.2, 0.25) is 0 Å². The molecule has 4 amide bonds. The Morgan fingerprint density at radius 1 is 0.444 bits per heavy atom. The fraction of sp³-hybridized carbons (Fsp3) is 0.857. The Bertz CT molecular complexity index is 3120. The van der Waals surface area contributed by atoms with Crippen molar-refractivity contribution in [3.8, 4) is 0 Å². The van der Waals surface area contributed by atoms with E-state index in [1.54, 1.807) is 32.6 Å². The number of hydrogen-bond acceptors (Lipinski definition) is 38. The molecule has 0 aliphatic carbocycles. The molecule has 0 radical (unpaired) electrons. The summed E-state index contributed by atoms with van der Waals surface area (Å²) in [6.45, 7) is 10.5. The van der Waals surface area contributed by atoms with Crippen molar-refractivity contribution in [1.82, 2.24) is 66.2 Å². The Kier molecular flexibility index (Phi) is 40.4. The van der Waals surface area contributed by atoms with E-state index in [9.17, 15) is 49.8 Å². The summed E-state index contributed by atoms with van der Waals surface area (Å²) in [5, 5.41) is 104. The number of unbranched alkanes of at least 4 members (excludes halogenated alkanes) is 2. The molecular formula is C70H116N16O31. The van der Waals surface area contributed by atoms with E-state index in [-0.39, 0.29) is 151 Å². The van der Waals surface area contributed by atoms with E-state index in [1.165, 1.54) is 20.8 Å². The summed E-state index contributed by atoms with van der Waals surface area (Å²) >= 11 is 0. The van der Waals surface area contributed by atoms with Crippen LogP contribution < -0.4 is 21.3 Å². The lowest BCUT2D eigenvalue weighted by molar-refractivity contribution is -0.238. The zero-order chi connectivity index (χ0) is 83.1. The minimum Gasteiger partial charge on any atom is -0.388 e. The molecule has 47 heteroatoms. The molecule has 6 bridgehead atoms. The minimum atomic E-state index is -1.34. The van der Waals surface area contributed by atoms with Crippen molar-refractivity contribution in [2.24, 2.45) is 5.11 Å². The molecule has 117 heavy (non-hydrogen) atoms. The standard InChI is InChI=1S/C70H116N16O31/c1-48(87)73-55-58(91)61(94)68(45-112-64(55)115-68)42-106-30-27-103-24-21-100-18-15-97-12-9-84-33-51(77-81-84)36-109-39-67(76-54(90)7-5-4-6-8-72-80-71,40-110-37-52-34-85(82-78-52)10-13-98-16-19-101-22-25-104-28-31-107-43-69-46-113-65(116-69)56(74-49(2)88)59(92)62(69)95)41-111-38-53-35-86(83-79-53)11-14-99-17-20-102-23-26-105-29-32-108-44-70-47-114-66(117-70)57(75-50(3)89)60(93)63(70)96/h33-35,55-66,91-96H,4-32,36-47H2,1-3H3,(H,73,87)(H,74,88)(H,75,89)(H,76,90)/t55-,56-,57-,58-,59-,60-,61-,62-,63-,64+,65+,66+,68-,69-,70-/m1/s1. The lowest BCUT2D eigenvalue weighted by atomic mass is 9.88. The van der Waals surface area contributed by atoms with Crippen LogP contribution in [0.4, 0.5) is 0 Å². The Morgan fingerprint density at radius 2 is 0.735 bits per heavy atom. The van der Waals surface area contributed by atoms with Crippen LogP contribution in [0.25, 0.3) is 10.4 Å². The van der Waals surface area contributed by atoms with Gasteiger partial charge in [0.05, 0.1) is 256 Å². The number of nitrogens with one attached hydrogen (secondary N) is 4. The van der Waals surface area contributed by atoms with Crippen molar-refractivity contribution in [3.05, 3.63) is 46.1 Å². The van der Waals surface area contributed by atoms with E-state index in [1.807, 2.05) is 0 Å². The second-order valence-corrected chi connectivity index (χ2v) is 28.7. The highest BCUT2D eigenvalue weighted by molar-refractivity contribution is 5.77. The van der Waals surface area contributed by atoms with Gasteiger partial charge >= 0.3 is 0 Å². The number of carbonyl (C=O) groups is 4. The van der Waals surface area contributed by atoms with E-state index in [0.29, 0.717) is 142 Å². The van der Waals surface area contributed by atoms with Gasteiger partial charge in [-0.2, -0.15) is 0 Å². The van der Waals surface area contributed by atoms with Gasteiger partial charge in [0.15, 0.2) is 18.9 Å². The van der Waals surface area contributed by atoms with Gasteiger partial charge in [-0.15, -0.1) is 15.3 Å². The highest BCUT2D eigenvalue weighted by Gasteiger charge is 2.62. The van der Waals surface area contributed by atoms with Crippen molar-refractivity contribution < 1.29 is 149 Å². The number of azide groups is 1. The molecular weight excluding hydrogens is 1560 g/mol. The first-order valence-electron chi connectivity index (χ1n) is 39.2. The molecule has 0 aromatic carbocycles. The second kappa shape index (κ2) is 50.1. The number of ether oxygens (including phenoxy) is 21. The number of hydrogen-bond donors (Lipinski definition) is 10. The maximum atomic E-state index is 13.9. The minimum absolute atomic E-state index is 0.0110. The summed E-state index contributed by atoms with van der Waals surface area (Å²) in [5.74, 6) is -1.48. The Morgan fingerprint density at radius 3 is 1.03 bits per heavy atom. The Hall–Kier alpha value is -6.47. The number of aromatic nitrogens is 9. The lowest BCUT2D eigenvalue weighted by Gasteiger charge is -2.42. The second-order valence-electron chi connectivity index (χ2n) is 28.7. The van der Waals surface area contributed by atoms with Crippen LogP contribution in [-0.4, -0.2) is 400 Å². The molecule has 0 saturated carbocycles. The molecule has 0 unspecified atom stereocenters. The average molecular weight is 1680 g/mol. The highest BCUT2D eigenvalue weighted by Crippen LogP contribution is 2.40. The maximum Gasteiger partial charge on any atom is 0.220 e. The molecule has 6 saturated heterocycles. The number of rotatable bonds is 64. The van der Waals surface area contributed by atoms with E-state index in [2.05, 4.69) is 62.2 Å². The third kappa shape index (κ3) is 30.3. The monoisotopic (exact) mass is 1680 g/mol. The fourth-order valence-electron chi connectivity index (χ4n) is 13.3. The van der Waals surface area contributed by atoms with Crippen LogP contribution in [-0.2, 0) is 158 Å². The predicted octanol–water partition coefficient (Wildman–Crippen LogP) is -5.61. The molecule has 10 N–H and O–H groups in total. The van der Waals surface area contributed by atoms with Crippen LogP contribution in [0.1, 0.15) is 63.5 Å². The molecule has 6 aliphatic heterocycles. The number of aliphatic hydroxyl groups is 6. The van der Waals surface area contributed by atoms with Crippen molar-refractivity contribution >= 4 is 23.6 Å². The first kappa shape index (κ1) is 94.4. The van der Waals surface area contributed by atoms with Crippen LogP contribution in [0.3, 0.4) is 0 Å². The van der Waals surface area contributed by atoms with Crippen molar-refractivity contribution in [2.45, 2.75) is 182 Å². The quantitative estimate of drug-likeness (QED) is 0.0109. The number of nitrogens with zero attached hydrogens (tertiary/aromatic N) is 12. The molecule has 15 atom stereocenters. The number of fused-ring (bicyclic) bond motifs is 6. The normalized spacial score (nSPS) is 26.5. The SMILES string of the molecule is CC(=O)N[C@H]1[C@H]2OC[C@@](COCCOCCOCCOCCn3cc(COCC(COCc4cn(CCOCCOCCOCCOC[C@]56CO[C@@H](O5)[C@H](NC(C)=O)[C@@H](O)[C@H]6O)nn4)(COCc4cn(CCOCCOCCOCCOC[C@]56CO[C@@H](O5)[C@H](NC(C)=O)[C@@H](O)[C@H]6O)nn4)NC(=O)CCCCCN=[N+]=[N-])nn3)(O2)[C@H](O)[C@@H]1O. The third-order valence-corrected chi connectivity index (χ3v) is 19.3. The molecule has 3 aromatic rings. The fourth-order valence-corrected chi connectivity index (χ4v) is 13.3. The zero-order valence-corrected chi connectivity index (χ0v) is 66.4. The molecule has 6 fully saturated rings. The Labute approximate surface area is 674 Å². The lowest BCUT2D eigenvalue weighted by Crippen LogP contribution is -2.66. The largest absolute Gasteiger partial charge is 0.388 e. The smallest absolute Gasteiger partial charge is 0.220 e. The summed E-state index contributed by atoms with van der Waals surface area (Å²) in [4.78, 5) is 51.5. The van der Waals surface area contributed by atoms with Crippen molar-refractivity contribution in [3.63, 3.8) is 0 Å².